The monoisotopic (exact) mass is 502 g/mol. The Morgan fingerprint density at radius 3 is 2.36 bits per heavy atom. The molecular formula is C29H34N4O2S. The smallest absolute Gasteiger partial charge is 0.255 e. The number of nitrogens with zero attached hydrogens (tertiary/aromatic N) is 2. The van der Waals surface area contributed by atoms with Crippen molar-refractivity contribution in [2.45, 2.75) is 53.0 Å². The Hall–Kier alpha value is -3.32. The lowest BCUT2D eigenvalue weighted by Crippen LogP contribution is -2.39. The van der Waals surface area contributed by atoms with Crippen molar-refractivity contribution < 1.29 is 9.59 Å². The van der Waals surface area contributed by atoms with E-state index in [9.17, 15) is 9.59 Å². The predicted molar refractivity (Wildman–Crippen MR) is 148 cm³/mol. The van der Waals surface area contributed by atoms with Crippen LogP contribution in [0.1, 0.15) is 64.1 Å². The summed E-state index contributed by atoms with van der Waals surface area (Å²) >= 11 is 1.50. The minimum atomic E-state index is -0.387. The Kier molecular flexibility index (Phi) is 7.99. The summed E-state index contributed by atoms with van der Waals surface area (Å²) in [6.07, 6.45) is 0.228. The van der Waals surface area contributed by atoms with Gasteiger partial charge in [-0.25, -0.2) is 4.99 Å². The van der Waals surface area contributed by atoms with Crippen LogP contribution < -0.4 is 10.6 Å². The van der Waals surface area contributed by atoms with Gasteiger partial charge >= 0.3 is 0 Å². The molecule has 4 rings (SSSR count). The number of aliphatic imine (C=N–C) groups is 1. The predicted octanol–water partition coefficient (Wildman–Crippen LogP) is 6.19. The van der Waals surface area contributed by atoms with Crippen LogP contribution in [0.15, 0.2) is 82.0 Å². The number of amidine groups is 1. The van der Waals surface area contributed by atoms with Gasteiger partial charge in [-0.05, 0) is 47.4 Å². The second-order valence-corrected chi connectivity index (χ2v) is 10.7. The highest BCUT2D eigenvalue weighted by Crippen LogP contribution is 2.45. The summed E-state index contributed by atoms with van der Waals surface area (Å²) in [4.78, 5) is 33.2. The fraction of sp³-hybridized carbons (Fsp3) is 0.345. The Bertz CT molecular complexity index is 1210. The molecule has 0 fully saturated rings. The molecule has 2 aromatic rings. The van der Waals surface area contributed by atoms with Gasteiger partial charge in [0.1, 0.15) is 0 Å². The highest BCUT2D eigenvalue weighted by Gasteiger charge is 2.40. The van der Waals surface area contributed by atoms with E-state index in [4.69, 9.17) is 4.99 Å². The molecule has 36 heavy (non-hydrogen) atoms. The summed E-state index contributed by atoms with van der Waals surface area (Å²) in [5, 5.41) is 8.82. The fourth-order valence-corrected chi connectivity index (χ4v) is 5.27. The van der Waals surface area contributed by atoms with Crippen molar-refractivity contribution in [1.82, 2.24) is 10.2 Å². The average Bonchev–Trinajstić information content (AvgIpc) is 3.24. The summed E-state index contributed by atoms with van der Waals surface area (Å²) in [5.41, 5.74) is 5.05. The number of rotatable bonds is 8. The first-order chi connectivity index (χ1) is 17.2. The zero-order valence-electron chi connectivity index (χ0n) is 21.5. The maximum atomic E-state index is 13.7. The molecule has 0 unspecified atom stereocenters. The molecule has 0 aliphatic carbocycles. The molecule has 2 N–H and O–H groups in total. The van der Waals surface area contributed by atoms with Crippen molar-refractivity contribution >= 4 is 34.4 Å². The van der Waals surface area contributed by atoms with Crippen LogP contribution in [-0.2, 0) is 9.59 Å². The molecule has 2 amide bonds. The molecule has 2 aliphatic heterocycles. The third kappa shape index (κ3) is 5.73. The summed E-state index contributed by atoms with van der Waals surface area (Å²) in [6, 6.07) is 17.5. The average molecular weight is 503 g/mol. The second kappa shape index (κ2) is 11.2. The molecule has 0 bridgehead atoms. The minimum absolute atomic E-state index is 0.0349. The van der Waals surface area contributed by atoms with Crippen LogP contribution in [0.3, 0.4) is 0 Å². The van der Waals surface area contributed by atoms with E-state index in [0.29, 0.717) is 29.7 Å². The number of amides is 2. The molecular weight excluding hydrogens is 468 g/mol. The molecule has 188 valence electrons. The van der Waals surface area contributed by atoms with Gasteiger partial charge in [0.25, 0.3) is 5.91 Å². The van der Waals surface area contributed by atoms with Crippen molar-refractivity contribution in [3.63, 3.8) is 0 Å². The first-order valence-corrected chi connectivity index (χ1v) is 13.3. The molecule has 0 saturated heterocycles. The number of nitrogens with one attached hydrogen (secondary N) is 2. The van der Waals surface area contributed by atoms with Crippen molar-refractivity contribution in [2.24, 2.45) is 10.9 Å². The Morgan fingerprint density at radius 1 is 1.03 bits per heavy atom. The van der Waals surface area contributed by atoms with E-state index < -0.39 is 0 Å². The fourth-order valence-electron chi connectivity index (χ4n) is 4.30. The molecule has 2 aromatic carbocycles. The van der Waals surface area contributed by atoms with Crippen LogP contribution in [0, 0.1) is 5.92 Å². The number of carbonyl (C=O) groups excluding carboxylic acids is 2. The van der Waals surface area contributed by atoms with Gasteiger partial charge in [-0.15, -0.1) is 0 Å². The lowest BCUT2D eigenvalue weighted by molar-refractivity contribution is -0.120. The quantitative estimate of drug-likeness (QED) is 0.452. The van der Waals surface area contributed by atoms with Crippen LogP contribution in [0.5, 0.6) is 0 Å². The molecule has 2 heterocycles. The molecule has 0 saturated carbocycles. The number of allylic oxidation sites excluding steroid dienone is 1. The van der Waals surface area contributed by atoms with Gasteiger partial charge in [-0.3, -0.25) is 9.59 Å². The number of carbonyl (C=O) groups is 2. The van der Waals surface area contributed by atoms with Crippen molar-refractivity contribution in [3.8, 4) is 0 Å². The molecule has 0 radical (unpaired) electrons. The summed E-state index contributed by atoms with van der Waals surface area (Å²) in [6.45, 7) is 11.0. The Balaban J connectivity index is 1.70. The third-order valence-electron chi connectivity index (χ3n) is 6.24. The van der Waals surface area contributed by atoms with Gasteiger partial charge in [-0.2, -0.15) is 0 Å². The summed E-state index contributed by atoms with van der Waals surface area (Å²) in [7, 11) is 0. The number of thioether (sulfide) groups is 1. The van der Waals surface area contributed by atoms with Gasteiger partial charge < -0.3 is 15.5 Å². The molecule has 7 heteroatoms. The second-order valence-electron chi connectivity index (χ2n) is 9.91. The number of anilines is 1. The Morgan fingerprint density at radius 2 is 1.72 bits per heavy atom. The van der Waals surface area contributed by atoms with E-state index in [1.54, 1.807) is 0 Å². The molecule has 0 aromatic heterocycles. The number of benzene rings is 2. The number of para-hydroxylation sites is 1. The van der Waals surface area contributed by atoms with Crippen molar-refractivity contribution in [1.29, 1.82) is 0 Å². The van der Waals surface area contributed by atoms with E-state index in [0.717, 1.165) is 22.1 Å². The van der Waals surface area contributed by atoms with Crippen molar-refractivity contribution in [3.05, 3.63) is 88.1 Å². The van der Waals surface area contributed by atoms with E-state index in [1.807, 2.05) is 42.7 Å². The zero-order valence-corrected chi connectivity index (χ0v) is 22.4. The van der Waals surface area contributed by atoms with E-state index >= 15 is 0 Å². The summed E-state index contributed by atoms with van der Waals surface area (Å²) in [5.74, 6) is 0.550. The maximum Gasteiger partial charge on any atom is 0.255 e. The Labute approximate surface area is 218 Å². The minimum Gasteiger partial charge on any atom is -0.356 e. The van der Waals surface area contributed by atoms with Gasteiger partial charge in [0, 0.05) is 17.9 Å². The molecule has 1 atom stereocenters. The zero-order chi connectivity index (χ0) is 25.8. The molecule has 2 aliphatic rings. The van der Waals surface area contributed by atoms with E-state index in [2.05, 4.69) is 67.5 Å². The van der Waals surface area contributed by atoms with Crippen LogP contribution in [-0.4, -0.2) is 28.4 Å². The van der Waals surface area contributed by atoms with Gasteiger partial charge in [-0.1, -0.05) is 81.9 Å². The standard InChI is InChI=1S/C29H34N4O2S/c1-18(2)16-30-25(34)15-24-17-36-29-31-20(5)26(28(35)32-23-9-7-6-8-10-23)27(33(24)29)22-13-11-21(12-14-22)19(3)4/h6-14,17-19,27H,15-16H2,1-5H3,(H,30,34)(H,32,35)/t27-/m1/s1. The van der Waals surface area contributed by atoms with Crippen LogP contribution in [0.2, 0.25) is 0 Å². The first-order valence-electron chi connectivity index (χ1n) is 12.4. The number of hydrogen-bond donors (Lipinski definition) is 2. The van der Waals surface area contributed by atoms with Gasteiger partial charge in [0.15, 0.2) is 5.17 Å². The topological polar surface area (TPSA) is 73.8 Å². The highest BCUT2D eigenvalue weighted by atomic mass is 32.2. The van der Waals surface area contributed by atoms with Gasteiger partial charge in [0.2, 0.25) is 5.91 Å². The molecule has 0 spiro atoms. The normalized spacial score (nSPS) is 17.2. The van der Waals surface area contributed by atoms with Crippen LogP contribution >= 0.6 is 11.8 Å². The van der Waals surface area contributed by atoms with Crippen LogP contribution in [0.4, 0.5) is 5.69 Å². The van der Waals surface area contributed by atoms with Gasteiger partial charge in [0.05, 0.1) is 23.7 Å². The van der Waals surface area contributed by atoms with Crippen molar-refractivity contribution in [2.75, 3.05) is 11.9 Å². The first kappa shape index (κ1) is 25.8. The maximum absolute atomic E-state index is 13.7. The van der Waals surface area contributed by atoms with E-state index in [-0.39, 0.29) is 24.3 Å². The van der Waals surface area contributed by atoms with Crippen LogP contribution in [0.25, 0.3) is 0 Å². The number of fused-ring (bicyclic) bond motifs is 1. The number of hydrogen-bond acceptors (Lipinski definition) is 5. The van der Waals surface area contributed by atoms with E-state index in [1.165, 1.54) is 17.3 Å². The molecule has 6 nitrogen and oxygen atoms in total. The third-order valence-corrected chi connectivity index (χ3v) is 7.13. The summed E-state index contributed by atoms with van der Waals surface area (Å²) < 4.78 is 0. The lowest BCUT2D eigenvalue weighted by atomic mass is 9.91. The largest absolute Gasteiger partial charge is 0.356 e. The highest BCUT2D eigenvalue weighted by molar-refractivity contribution is 8.16. The SMILES string of the molecule is CC1=C(C(=O)Nc2ccccc2)[C@@H](c2ccc(C(C)C)cc2)N2C(CC(=O)NCC(C)C)=CSC2=N1. The lowest BCUT2D eigenvalue weighted by Gasteiger charge is -2.36.